The lowest BCUT2D eigenvalue weighted by Crippen LogP contribution is -2.29. The minimum atomic E-state index is -0.997. The Balaban J connectivity index is 1.69. The van der Waals surface area contributed by atoms with Gasteiger partial charge in [0.1, 0.15) is 16.6 Å². The number of halogens is 2. The molecular weight excluding hydrogens is 367 g/mol. The van der Waals surface area contributed by atoms with Crippen LogP contribution in [-0.4, -0.2) is 12.2 Å². The summed E-state index contributed by atoms with van der Waals surface area (Å²) in [4.78, 5) is 15.1. The number of hydrogen-bond acceptors (Lipinski definition) is 3. The average Bonchev–Trinajstić information content (AvgIpc) is 2.65. The highest BCUT2D eigenvalue weighted by Gasteiger charge is 2.37. The predicted molar refractivity (Wildman–Crippen MR) is 104 cm³/mol. The van der Waals surface area contributed by atoms with Crippen molar-refractivity contribution in [3.63, 3.8) is 0 Å². The number of aliphatic imine (C=N–C) groups is 1. The molecule has 0 aromatic heterocycles. The largest absolute Gasteiger partial charge is 0.323 e. The highest BCUT2D eigenvalue weighted by Crippen LogP contribution is 2.39. The molecule has 0 bridgehead atoms. The van der Waals surface area contributed by atoms with Gasteiger partial charge in [0.25, 0.3) is 0 Å². The predicted octanol–water partition coefficient (Wildman–Crippen LogP) is 4.95. The van der Waals surface area contributed by atoms with E-state index in [-0.39, 0.29) is 5.82 Å². The van der Waals surface area contributed by atoms with Crippen LogP contribution in [0.4, 0.5) is 20.6 Å². The molecule has 1 aliphatic rings. The highest BCUT2D eigenvalue weighted by atomic mass is 35.5. The van der Waals surface area contributed by atoms with Crippen molar-refractivity contribution in [2.45, 2.75) is 11.8 Å². The molecule has 0 radical (unpaired) electrons. The number of nitrogens with zero attached hydrogens (tertiary/aromatic N) is 2. The Hall–Kier alpha value is -3.17. The van der Waals surface area contributed by atoms with E-state index in [0.29, 0.717) is 16.9 Å². The molecule has 0 spiro atoms. The summed E-state index contributed by atoms with van der Waals surface area (Å²) in [6.07, 6.45) is 4.75. The molecule has 1 aliphatic heterocycles. The van der Waals surface area contributed by atoms with Gasteiger partial charge in [-0.05, 0) is 54.5 Å². The number of nitrogens with one attached hydrogen (secondary N) is 2. The van der Waals surface area contributed by atoms with Crippen molar-refractivity contribution in [1.29, 1.82) is 5.26 Å². The number of aryl methyl sites for hydroxylation is 1. The zero-order chi connectivity index (χ0) is 19.4. The van der Waals surface area contributed by atoms with E-state index in [1.54, 1.807) is 49.5 Å². The third kappa shape index (κ3) is 3.99. The maximum atomic E-state index is 13.3. The van der Waals surface area contributed by atoms with Crippen molar-refractivity contribution in [2.75, 3.05) is 10.6 Å². The SMILES string of the molecule is Cc1cc(NC(=O)Nc2ccc(C3(Cl)C=CN=CC3C#N)cc2)ccc1F. The number of alkyl halides is 1. The average molecular weight is 383 g/mol. The highest BCUT2D eigenvalue weighted by molar-refractivity contribution is 6.27. The Morgan fingerprint density at radius 2 is 1.89 bits per heavy atom. The molecule has 0 fully saturated rings. The van der Waals surface area contributed by atoms with Crippen LogP contribution in [0.1, 0.15) is 11.1 Å². The van der Waals surface area contributed by atoms with Crippen LogP contribution in [-0.2, 0) is 4.87 Å². The van der Waals surface area contributed by atoms with Crippen molar-refractivity contribution in [2.24, 2.45) is 10.9 Å². The first-order chi connectivity index (χ1) is 12.9. The molecule has 27 heavy (non-hydrogen) atoms. The van der Waals surface area contributed by atoms with Crippen molar-refractivity contribution in [3.05, 3.63) is 71.7 Å². The fraction of sp³-hybridized carbons (Fsp3) is 0.150. The first-order valence-electron chi connectivity index (χ1n) is 8.16. The number of anilines is 2. The van der Waals surface area contributed by atoms with Crippen molar-refractivity contribution < 1.29 is 9.18 Å². The second-order valence-electron chi connectivity index (χ2n) is 6.11. The van der Waals surface area contributed by atoms with Gasteiger partial charge in [-0.2, -0.15) is 5.26 Å². The fourth-order valence-electron chi connectivity index (χ4n) is 2.73. The topological polar surface area (TPSA) is 77.3 Å². The number of hydrogen-bond donors (Lipinski definition) is 2. The third-order valence-electron chi connectivity index (χ3n) is 4.23. The molecule has 5 nitrogen and oxygen atoms in total. The van der Waals surface area contributed by atoms with Crippen molar-refractivity contribution in [3.8, 4) is 6.07 Å². The number of amides is 2. The fourth-order valence-corrected chi connectivity index (χ4v) is 3.01. The van der Waals surface area contributed by atoms with Gasteiger partial charge in [0.15, 0.2) is 0 Å². The van der Waals surface area contributed by atoms with Gasteiger partial charge in [0, 0.05) is 23.8 Å². The van der Waals surface area contributed by atoms with Gasteiger partial charge in [0.2, 0.25) is 0 Å². The Morgan fingerprint density at radius 1 is 1.22 bits per heavy atom. The zero-order valence-corrected chi connectivity index (χ0v) is 15.2. The molecule has 2 aromatic carbocycles. The zero-order valence-electron chi connectivity index (χ0n) is 14.4. The lowest BCUT2D eigenvalue weighted by molar-refractivity contribution is 0.262. The van der Waals surface area contributed by atoms with Crippen LogP contribution in [0.3, 0.4) is 0 Å². The van der Waals surface area contributed by atoms with Crippen LogP contribution in [0.5, 0.6) is 0 Å². The molecule has 7 heteroatoms. The number of carbonyl (C=O) groups excluding carboxylic acids is 1. The third-order valence-corrected chi connectivity index (χ3v) is 4.81. The molecule has 2 N–H and O–H groups in total. The second kappa shape index (κ2) is 7.60. The maximum Gasteiger partial charge on any atom is 0.323 e. The Morgan fingerprint density at radius 3 is 2.56 bits per heavy atom. The molecular formula is C20H16ClFN4O. The first-order valence-corrected chi connectivity index (χ1v) is 8.54. The van der Waals surface area contributed by atoms with E-state index in [2.05, 4.69) is 21.7 Å². The van der Waals surface area contributed by atoms with Gasteiger partial charge in [-0.25, -0.2) is 9.18 Å². The van der Waals surface area contributed by atoms with E-state index >= 15 is 0 Å². The van der Waals surface area contributed by atoms with E-state index in [1.807, 2.05) is 0 Å². The van der Waals surface area contributed by atoms with Crippen molar-refractivity contribution in [1.82, 2.24) is 0 Å². The number of benzene rings is 2. The van der Waals surface area contributed by atoms with Gasteiger partial charge >= 0.3 is 6.03 Å². The summed E-state index contributed by atoms with van der Waals surface area (Å²) >= 11 is 6.63. The Kier molecular flexibility index (Phi) is 5.24. The van der Waals surface area contributed by atoms with Gasteiger partial charge in [-0.3, -0.25) is 4.99 Å². The molecule has 2 amide bonds. The smallest absolute Gasteiger partial charge is 0.308 e. The van der Waals surface area contributed by atoms with Crippen LogP contribution < -0.4 is 10.6 Å². The maximum absolute atomic E-state index is 13.3. The van der Waals surface area contributed by atoms with Crippen LogP contribution in [0, 0.1) is 30.0 Å². The summed E-state index contributed by atoms with van der Waals surface area (Å²) < 4.78 is 13.3. The quantitative estimate of drug-likeness (QED) is 0.737. The standard InChI is InChI=1S/C20H16ClFN4O/c1-13-10-17(6-7-18(13)22)26-19(27)25-16-4-2-14(3-5-16)20(21)8-9-24-12-15(20)11-23/h2-10,12,15H,1H3,(H2,25,26,27). The lowest BCUT2D eigenvalue weighted by Gasteiger charge is -2.28. The van der Waals surface area contributed by atoms with Crippen molar-refractivity contribution >= 4 is 35.2 Å². The summed E-state index contributed by atoms with van der Waals surface area (Å²) in [5.74, 6) is -0.919. The van der Waals surface area contributed by atoms with Crippen LogP contribution in [0.25, 0.3) is 0 Å². The lowest BCUT2D eigenvalue weighted by atomic mass is 9.85. The number of rotatable bonds is 3. The molecule has 136 valence electrons. The molecule has 1 heterocycles. The normalized spacial score (nSPS) is 20.7. The van der Waals surface area contributed by atoms with Gasteiger partial charge in [-0.15, -0.1) is 11.6 Å². The molecule has 0 aliphatic carbocycles. The number of carbonyl (C=O) groups is 1. The molecule has 0 saturated carbocycles. The number of nitriles is 1. The first kappa shape index (κ1) is 18.6. The minimum absolute atomic E-state index is 0.330. The Bertz CT molecular complexity index is 965. The van der Waals surface area contributed by atoms with E-state index in [4.69, 9.17) is 11.6 Å². The van der Waals surface area contributed by atoms with Crippen LogP contribution in [0.2, 0.25) is 0 Å². The molecule has 2 atom stereocenters. The second-order valence-corrected chi connectivity index (χ2v) is 6.73. The molecule has 2 aromatic rings. The van der Waals surface area contributed by atoms with Crippen LogP contribution in [0.15, 0.2) is 59.7 Å². The van der Waals surface area contributed by atoms with E-state index in [0.717, 1.165) is 5.56 Å². The number of allylic oxidation sites excluding steroid dienone is 1. The van der Waals surface area contributed by atoms with Gasteiger partial charge in [-0.1, -0.05) is 12.1 Å². The molecule has 2 unspecified atom stereocenters. The molecule has 3 rings (SSSR count). The van der Waals surface area contributed by atoms with Gasteiger partial charge in [0.05, 0.1) is 6.07 Å². The molecule has 0 saturated heterocycles. The summed E-state index contributed by atoms with van der Waals surface area (Å²) in [5.41, 5.74) is 2.21. The minimum Gasteiger partial charge on any atom is -0.308 e. The monoisotopic (exact) mass is 382 g/mol. The summed E-state index contributed by atoms with van der Waals surface area (Å²) in [6, 6.07) is 12.9. The van der Waals surface area contributed by atoms with E-state index in [1.165, 1.54) is 18.3 Å². The van der Waals surface area contributed by atoms with E-state index in [9.17, 15) is 14.4 Å². The van der Waals surface area contributed by atoms with Gasteiger partial charge < -0.3 is 10.6 Å². The van der Waals surface area contributed by atoms with E-state index < -0.39 is 16.8 Å². The summed E-state index contributed by atoms with van der Waals surface area (Å²) in [7, 11) is 0. The summed E-state index contributed by atoms with van der Waals surface area (Å²) in [6.45, 7) is 1.62. The number of urea groups is 1. The Labute approximate surface area is 161 Å². The van der Waals surface area contributed by atoms with Crippen LogP contribution >= 0.6 is 11.6 Å². The summed E-state index contributed by atoms with van der Waals surface area (Å²) in [5, 5.41) is 14.6.